The summed E-state index contributed by atoms with van der Waals surface area (Å²) in [5, 5.41) is 0. The number of aromatic nitrogens is 1. The molecule has 0 bridgehead atoms. The van der Waals surface area contributed by atoms with E-state index in [0.29, 0.717) is 19.3 Å². The van der Waals surface area contributed by atoms with Crippen LogP contribution in [0.25, 0.3) is 0 Å². The van der Waals surface area contributed by atoms with Gasteiger partial charge in [0, 0.05) is 13.1 Å². The number of carbonyl (C=O) groups is 1. The Bertz CT molecular complexity index is 583. The number of amides is 1. The van der Waals surface area contributed by atoms with Crippen molar-refractivity contribution in [1.29, 1.82) is 0 Å². The number of nitrogens with zero attached hydrogens (tertiary/aromatic N) is 3. The summed E-state index contributed by atoms with van der Waals surface area (Å²) < 4.78 is 48.1. The molecular formula is C15H22F3N3O3. The molecule has 0 N–H and O–H groups in total. The van der Waals surface area contributed by atoms with E-state index in [4.69, 9.17) is 9.15 Å². The summed E-state index contributed by atoms with van der Waals surface area (Å²) in [4.78, 5) is 19.2. The molecule has 1 aromatic rings. The van der Waals surface area contributed by atoms with Gasteiger partial charge in [-0.3, -0.25) is 4.90 Å². The van der Waals surface area contributed by atoms with Crippen LogP contribution < -0.4 is 4.90 Å². The number of alkyl halides is 3. The zero-order chi connectivity index (χ0) is 18.3. The Morgan fingerprint density at radius 1 is 1.25 bits per heavy atom. The Labute approximate surface area is 138 Å². The number of carbonyl (C=O) groups excluding carboxylic acids is 1. The standard InChI is InChI=1S/C15H22F3N3O3/c1-9-7-20(12-19-6-11(23-12)15(16,17)18)8-10(2)21(9)13(22)24-14(3,4)5/h6,9-10H,7-8H2,1-5H3/t9-,10+. The molecule has 1 aromatic heterocycles. The fraction of sp³-hybridized carbons (Fsp3) is 0.733. The van der Waals surface area contributed by atoms with Crippen LogP contribution in [0.4, 0.5) is 24.0 Å². The molecule has 1 aliphatic rings. The van der Waals surface area contributed by atoms with Crippen molar-refractivity contribution < 1.29 is 27.1 Å². The second kappa shape index (κ2) is 6.18. The average molecular weight is 349 g/mol. The van der Waals surface area contributed by atoms with Gasteiger partial charge in [0.1, 0.15) is 5.60 Å². The van der Waals surface area contributed by atoms with E-state index >= 15 is 0 Å². The third-order valence-electron chi connectivity index (χ3n) is 3.57. The van der Waals surface area contributed by atoms with Crippen molar-refractivity contribution in [2.45, 2.75) is 58.5 Å². The maximum atomic E-state index is 12.6. The van der Waals surface area contributed by atoms with Crippen LogP contribution in [0, 0.1) is 0 Å². The third-order valence-corrected chi connectivity index (χ3v) is 3.57. The van der Waals surface area contributed by atoms with E-state index in [1.54, 1.807) is 44.4 Å². The first kappa shape index (κ1) is 18.4. The highest BCUT2D eigenvalue weighted by molar-refractivity contribution is 5.69. The summed E-state index contributed by atoms with van der Waals surface area (Å²) in [6.07, 6.45) is -4.34. The van der Waals surface area contributed by atoms with E-state index in [1.165, 1.54) is 0 Å². The highest BCUT2D eigenvalue weighted by Gasteiger charge is 2.39. The van der Waals surface area contributed by atoms with Gasteiger partial charge >= 0.3 is 12.3 Å². The predicted molar refractivity (Wildman–Crippen MR) is 80.7 cm³/mol. The highest BCUT2D eigenvalue weighted by Crippen LogP contribution is 2.32. The smallest absolute Gasteiger partial charge is 0.444 e. The van der Waals surface area contributed by atoms with Crippen LogP contribution in [-0.2, 0) is 10.9 Å². The number of hydrogen-bond acceptors (Lipinski definition) is 5. The molecular weight excluding hydrogens is 327 g/mol. The number of rotatable bonds is 1. The van der Waals surface area contributed by atoms with E-state index in [2.05, 4.69) is 4.98 Å². The van der Waals surface area contributed by atoms with Crippen LogP contribution in [0.15, 0.2) is 10.6 Å². The maximum absolute atomic E-state index is 12.6. The molecule has 136 valence electrons. The zero-order valence-electron chi connectivity index (χ0n) is 14.3. The largest absolute Gasteiger partial charge is 0.451 e. The molecule has 1 fully saturated rings. The van der Waals surface area contributed by atoms with Crippen LogP contribution in [0.2, 0.25) is 0 Å². The Morgan fingerprint density at radius 2 is 1.79 bits per heavy atom. The SMILES string of the molecule is C[C@@H]1CN(c2ncc(C(F)(F)F)o2)C[C@H](C)N1C(=O)OC(C)(C)C. The molecule has 6 nitrogen and oxygen atoms in total. The molecule has 2 rings (SSSR count). The number of ether oxygens (including phenoxy) is 1. The number of piperazine rings is 1. The molecule has 2 atom stereocenters. The fourth-order valence-corrected chi connectivity index (χ4v) is 2.70. The third kappa shape index (κ3) is 4.12. The number of halogens is 3. The van der Waals surface area contributed by atoms with E-state index in [9.17, 15) is 18.0 Å². The average Bonchev–Trinajstić information content (AvgIpc) is 2.84. The van der Waals surface area contributed by atoms with Crippen molar-refractivity contribution in [1.82, 2.24) is 9.88 Å². The second-order valence-electron chi connectivity index (χ2n) is 7.00. The topological polar surface area (TPSA) is 58.8 Å². The summed E-state index contributed by atoms with van der Waals surface area (Å²) in [5.74, 6) is -1.13. The lowest BCUT2D eigenvalue weighted by molar-refractivity contribution is -0.152. The van der Waals surface area contributed by atoms with E-state index in [1.807, 2.05) is 0 Å². The van der Waals surface area contributed by atoms with Gasteiger partial charge < -0.3 is 14.1 Å². The number of hydrogen-bond donors (Lipinski definition) is 0. The fourth-order valence-electron chi connectivity index (χ4n) is 2.70. The number of oxazole rings is 1. The Hall–Kier alpha value is -1.93. The first-order valence-corrected chi connectivity index (χ1v) is 7.68. The van der Waals surface area contributed by atoms with Gasteiger partial charge in [-0.1, -0.05) is 0 Å². The van der Waals surface area contributed by atoms with Gasteiger partial charge in [-0.15, -0.1) is 0 Å². The van der Waals surface area contributed by atoms with Crippen LogP contribution >= 0.6 is 0 Å². The van der Waals surface area contributed by atoms with Crippen molar-refractivity contribution in [2.75, 3.05) is 18.0 Å². The lowest BCUT2D eigenvalue weighted by Gasteiger charge is -2.43. The van der Waals surface area contributed by atoms with Gasteiger partial charge in [0.15, 0.2) is 0 Å². The Morgan fingerprint density at radius 3 is 2.21 bits per heavy atom. The van der Waals surface area contributed by atoms with E-state index in [0.717, 1.165) is 0 Å². The summed E-state index contributed by atoms with van der Waals surface area (Å²) >= 11 is 0. The lowest BCUT2D eigenvalue weighted by atomic mass is 10.1. The molecule has 0 spiro atoms. The molecule has 1 saturated heterocycles. The van der Waals surface area contributed by atoms with E-state index in [-0.39, 0.29) is 18.1 Å². The van der Waals surface area contributed by atoms with Gasteiger partial charge in [0.25, 0.3) is 6.01 Å². The minimum Gasteiger partial charge on any atom is -0.444 e. The molecule has 1 amide bonds. The Kier molecular flexibility index (Phi) is 4.74. The summed E-state index contributed by atoms with van der Waals surface area (Å²) in [7, 11) is 0. The van der Waals surface area contributed by atoms with Crippen molar-refractivity contribution in [3.05, 3.63) is 12.0 Å². The van der Waals surface area contributed by atoms with E-state index < -0.39 is 23.6 Å². The predicted octanol–water partition coefficient (Wildman–Crippen LogP) is 3.53. The van der Waals surface area contributed by atoms with Gasteiger partial charge in [-0.2, -0.15) is 13.2 Å². The maximum Gasteiger partial charge on any atom is 0.451 e. The van der Waals surface area contributed by atoms with Crippen molar-refractivity contribution >= 4 is 12.1 Å². The minimum absolute atomic E-state index is 0.0927. The molecule has 0 saturated carbocycles. The molecule has 1 aliphatic heterocycles. The van der Waals surface area contributed by atoms with Gasteiger partial charge in [0.2, 0.25) is 5.76 Å². The second-order valence-corrected chi connectivity index (χ2v) is 7.00. The van der Waals surface area contributed by atoms with Crippen LogP contribution in [0.1, 0.15) is 40.4 Å². The monoisotopic (exact) mass is 349 g/mol. The van der Waals surface area contributed by atoms with Gasteiger partial charge in [-0.25, -0.2) is 9.78 Å². The van der Waals surface area contributed by atoms with Gasteiger partial charge in [-0.05, 0) is 34.6 Å². The van der Waals surface area contributed by atoms with Crippen molar-refractivity contribution in [2.24, 2.45) is 0 Å². The van der Waals surface area contributed by atoms with Crippen molar-refractivity contribution in [3.63, 3.8) is 0 Å². The van der Waals surface area contributed by atoms with Gasteiger partial charge in [0.05, 0.1) is 18.3 Å². The normalized spacial score (nSPS) is 22.7. The van der Waals surface area contributed by atoms with Crippen molar-refractivity contribution in [3.8, 4) is 0 Å². The highest BCUT2D eigenvalue weighted by atomic mass is 19.4. The molecule has 24 heavy (non-hydrogen) atoms. The molecule has 0 aliphatic carbocycles. The summed E-state index contributed by atoms with van der Waals surface area (Å²) in [6.45, 7) is 9.56. The minimum atomic E-state index is -4.57. The Balaban J connectivity index is 2.10. The first-order valence-electron chi connectivity index (χ1n) is 7.68. The van der Waals surface area contributed by atoms with Crippen LogP contribution in [0.5, 0.6) is 0 Å². The molecule has 2 heterocycles. The zero-order valence-corrected chi connectivity index (χ0v) is 14.3. The number of anilines is 1. The molecule has 0 unspecified atom stereocenters. The van der Waals surface area contributed by atoms with Crippen LogP contribution in [0.3, 0.4) is 0 Å². The molecule has 0 radical (unpaired) electrons. The summed E-state index contributed by atoms with van der Waals surface area (Å²) in [5.41, 5.74) is -0.613. The molecule has 9 heteroatoms. The molecule has 0 aromatic carbocycles. The van der Waals surface area contributed by atoms with Crippen LogP contribution in [-0.4, -0.2) is 46.8 Å². The first-order chi connectivity index (χ1) is 10.9. The lowest BCUT2D eigenvalue weighted by Crippen LogP contribution is -2.59. The summed E-state index contributed by atoms with van der Waals surface area (Å²) in [6, 6.07) is -0.612. The quantitative estimate of drug-likeness (QED) is 0.776.